The lowest BCUT2D eigenvalue weighted by atomic mass is 10.1. The second kappa shape index (κ2) is 8.00. The topological polar surface area (TPSA) is 67.0 Å². The number of hydrogen-bond acceptors (Lipinski definition) is 3. The second-order valence-electron chi connectivity index (χ2n) is 6.56. The van der Waals surface area contributed by atoms with E-state index in [4.69, 9.17) is 16.3 Å². The zero-order valence-corrected chi connectivity index (χ0v) is 16.2. The number of hydrogen-bond donors (Lipinski definition) is 2. The quantitative estimate of drug-likeness (QED) is 0.462. The van der Waals surface area contributed by atoms with E-state index in [2.05, 4.69) is 15.3 Å². The molecule has 0 spiro atoms. The molecule has 0 bridgehead atoms. The number of nitrogens with zero attached hydrogens (tertiary/aromatic N) is 1. The number of carbonyl (C=O) groups excluding carboxylic acids is 1. The van der Waals surface area contributed by atoms with E-state index in [-0.39, 0.29) is 5.91 Å². The molecular formula is C22H20ClN3O2. The van der Waals surface area contributed by atoms with Gasteiger partial charge in [0.05, 0.1) is 11.2 Å². The first kappa shape index (κ1) is 18.5. The smallest absolute Gasteiger partial charge is 0.269 e. The number of amides is 1. The van der Waals surface area contributed by atoms with Crippen LogP contribution in [0.5, 0.6) is 0 Å². The molecule has 28 heavy (non-hydrogen) atoms. The predicted octanol–water partition coefficient (Wildman–Crippen LogP) is 4.80. The van der Waals surface area contributed by atoms with Gasteiger partial charge in [0, 0.05) is 47.1 Å². The summed E-state index contributed by atoms with van der Waals surface area (Å²) in [5.74, 6) is -0.202. The number of carbonyl (C=O) groups is 1. The Morgan fingerprint density at radius 2 is 2.00 bits per heavy atom. The molecule has 142 valence electrons. The zero-order chi connectivity index (χ0) is 19.5. The first-order valence-corrected chi connectivity index (χ1v) is 9.49. The molecule has 2 heterocycles. The fraction of sp³-hybridized carbons (Fsp3) is 0.182. The standard InChI is InChI=1S/C22H20ClN3O2/c1-28-11-5-10-24-22(27)19-13-17-16-8-2-3-9-18(16)25-21(17)20(26-19)14-6-4-7-15(23)12-14/h2-4,6-9,12-13,25H,5,10-11H2,1H3,(H,24,27). The monoisotopic (exact) mass is 393 g/mol. The summed E-state index contributed by atoms with van der Waals surface area (Å²) in [5, 5.41) is 5.55. The predicted molar refractivity (Wildman–Crippen MR) is 113 cm³/mol. The highest BCUT2D eigenvalue weighted by Gasteiger charge is 2.17. The average Bonchev–Trinajstić information content (AvgIpc) is 3.09. The van der Waals surface area contributed by atoms with Gasteiger partial charge >= 0.3 is 0 Å². The summed E-state index contributed by atoms with van der Waals surface area (Å²) in [5.41, 5.74) is 3.83. The highest BCUT2D eigenvalue weighted by Crippen LogP contribution is 2.33. The van der Waals surface area contributed by atoms with Crippen molar-refractivity contribution in [3.63, 3.8) is 0 Å². The SMILES string of the molecule is COCCCNC(=O)c1cc2c([nH]c3ccccc32)c(-c2cccc(Cl)c2)n1. The van der Waals surface area contributed by atoms with Crippen molar-refractivity contribution in [2.75, 3.05) is 20.3 Å². The lowest BCUT2D eigenvalue weighted by molar-refractivity contribution is 0.0944. The van der Waals surface area contributed by atoms with Crippen LogP contribution in [0.3, 0.4) is 0 Å². The van der Waals surface area contributed by atoms with Crippen molar-refractivity contribution >= 4 is 39.3 Å². The van der Waals surface area contributed by atoms with Crippen molar-refractivity contribution in [3.05, 3.63) is 65.3 Å². The molecule has 4 aromatic rings. The molecule has 5 nitrogen and oxygen atoms in total. The summed E-state index contributed by atoms with van der Waals surface area (Å²) < 4.78 is 5.03. The van der Waals surface area contributed by atoms with Gasteiger partial charge in [-0.2, -0.15) is 0 Å². The molecule has 2 N–H and O–H groups in total. The van der Waals surface area contributed by atoms with E-state index < -0.39 is 0 Å². The van der Waals surface area contributed by atoms with Crippen molar-refractivity contribution < 1.29 is 9.53 Å². The molecule has 2 aromatic carbocycles. The maximum Gasteiger partial charge on any atom is 0.269 e. The van der Waals surface area contributed by atoms with Crippen LogP contribution in [0.1, 0.15) is 16.9 Å². The minimum Gasteiger partial charge on any atom is -0.385 e. The maximum atomic E-state index is 12.7. The van der Waals surface area contributed by atoms with Crippen LogP contribution < -0.4 is 5.32 Å². The van der Waals surface area contributed by atoms with E-state index >= 15 is 0 Å². The van der Waals surface area contributed by atoms with Crippen LogP contribution in [0, 0.1) is 0 Å². The Morgan fingerprint density at radius 1 is 1.14 bits per heavy atom. The number of para-hydroxylation sites is 1. The summed E-state index contributed by atoms with van der Waals surface area (Å²) in [6.45, 7) is 1.13. The molecule has 1 amide bonds. The molecule has 6 heteroatoms. The lowest BCUT2D eigenvalue weighted by Crippen LogP contribution is -2.26. The molecule has 0 aliphatic rings. The Bertz CT molecular complexity index is 1150. The van der Waals surface area contributed by atoms with Crippen molar-refractivity contribution in [2.24, 2.45) is 0 Å². The summed E-state index contributed by atoms with van der Waals surface area (Å²) in [4.78, 5) is 20.8. The molecule has 0 saturated heterocycles. The van der Waals surface area contributed by atoms with Crippen LogP contribution in [0.25, 0.3) is 33.1 Å². The molecule has 0 radical (unpaired) electrons. The third kappa shape index (κ3) is 3.59. The fourth-order valence-electron chi connectivity index (χ4n) is 3.32. The summed E-state index contributed by atoms with van der Waals surface area (Å²) in [6, 6.07) is 17.4. The number of nitrogens with one attached hydrogen (secondary N) is 2. The van der Waals surface area contributed by atoms with Gasteiger partial charge < -0.3 is 15.0 Å². The van der Waals surface area contributed by atoms with E-state index in [1.165, 1.54) is 0 Å². The molecular weight excluding hydrogens is 374 g/mol. The van der Waals surface area contributed by atoms with Crippen molar-refractivity contribution in [2.45, 2.75) is 6.42 Å². The first-order valence-electron chi connectivity index (χ1n) is 9.12. The van der Waals surface area contributed by atoms with Gasteiger partial charge in [0.2, 0.25) is 0 Å². The van der Waals surface area contributed by atoms with Gasteiger partial charge in [-0.25, -0.2) is 4.98 Å². The molecule has 4 rings (SSSR count). The van der Waals surface area contributed by atoms with Gasteiger partial charge in [-0.1, -0.05) is 41.9 Å². The normalized spacial score (nSPS) is 11.2. The Kier molecular flexibility index (Phi) is 5.28. The van der Waals surface area contributed by atoms with Gasteiger partial charge in [0.15, 0.2) is 0 Å². The van der Waals surface area contributed by atoms with Crippen molar-refractivity contribution in [1.29, 1.82) is 0 Å². The number of aromatic nitrogens is 2. The van der Waals surface area contributed by atoms with Crippen LogP contribution in [-0.2, 0) is 4.74 Å². The molecule has 0 atom stereocenters. The van der Waals surface area contributed by atoms with Gasteiger partial charge in [-0.05, 0) is 30.7 Å². The van der Waals surface area contributed by atoms with Gasteiger partial charge in [-0.15, -0.1) is 0 Å². The third-order valence-electron chi connectivity index (χ3n) is 4.64. The third-order valence-corrected chi connectivity index (χ3v) is 4.87. The fourth-order valence-corrected chi connectivity index (χ4v) is 3.51. The first-order chi connectivity index (χ1) is 13.7. The van der Waals surface area contributed by atoms with Gasteiger partial charge in [-0.3, -0.25) is 4.79 Å². The minimum absolute atomic E-state index is 0.202. The molecule has 0 aliphatic heterocycles. The van der Waals surface area contributed by atoms with Crippen LogP contribution >= 0.6 is 11.6 Å². The minimum atomic E-state index is -0.202. The van der Waals surface area contributed by atoms with Crippen LogP contribution in [-0.4, -0.2) is 36.1 Å². The molecule has 2 aromatic heterocycles. The van der Waals surface area contributed by atoms with Crippen LogP contribution in [0.15, 0.2) is 54.6 Å². The number of aromatic amines is 1. The Labute approximate surface area is 167 Å². The maximum absolute atomic E-state index is 12.7. The summed E-state index contributed by atoms with van der Waals surface area (Å²) in [7, 11) is 1.64. The number of benzene rings is 2. The Morgan fingerprint density at radius 3 is 2.82 bits per heavy atom. The summed E-state index contributed by atoms with van der Waals surface area (Å²) >= 11 is 6.20. The second-order valence-corrected chi connectivity index (χ2v) is 7.00. The van der Waals surface area contributed by atoms with Gasteiger partial charge in [0.25, 0.3) is 5.91 Å². The number of ether oxygens (including phenoxy) is 1. The van der Waals surface area contributed by atoms with Crippen LogP contribution in [0.2, 0.25) is 5.02 Å². The Balaban J connectivity index is 1.85. The summed E-state index contributed by atoms with van der Waals surface area (Å²) in [6.07, 6.45) is 0.749. The van der Waals surface area contributed by atoms with E-state index in [0.29, 0.717) is 29.6 Å². The molecule has 0 aliphatic carbocycles. The number of fused-ring (bicyclic) bond motifs is 3. The number of pyridine rings is 1. The lowest BCUT2D eigenvalue weighted by Gasteiger charge is -2.09. The molecule has 0 fully saturated rings. The highest BCUT2D eigenvalue weighted by molar-refractivity contribution is 6.31. The number of halogens is 1. The van der Waals surface area contributed by atoms with E-state index in [1.54, 1.807) is 7.11 Å². The van der Waals surface area contributed by atoms with E-state index in [1.807, 2.05) is 54.6 Å². The average molecular weight is 394 g/mol. The number of H-pyrrole nitrogens is 1. The van der Waals surface area contributed by atoms with Gasteiger partial charge in [0.1, 0.15) is 5.69 Å². The largest absolute Gasteiger partial charge is 0.385 e. The van der Waals surface area contributed by atoms with E-state index in [0.717, 1.165) is 33.8 Å². The van der Waals surface area contributed by atoms with E-state index in [9.17, 15) is 4.79 Å². The Hall–Kier alpha value is -2.89. The van der Waals surface area contributed by atoms with Crippen LogP contribution in [0.4, 0.5) is 0 Å². The number of methoxy groups -OCH3 is 1. The number of rotatable bonds is 6. The molecule has 0 saturated carbocycles. The highest BCUT2D eigenvalue weighted by atomic mass is 35.5. The van der Waals surface area contributed by atoms with Crippen molar-refractivity contribution in [1.82, 2.24) is 15.3 Å². The zero-order valence-electron chi connectivity index (χ0n) is 15.5. The molecule has 0 unspecified atom stereocenters. The van der Waals surface area contributed by atoms with Crippen molar-refractivity contribution in [3.8, 4) is 11.3 Å².